The van der Waals surface area contributed by atoms with E-state index in [0.717, 1.165) is 18.7 Å². The van der Waals surface area contributed by atoms with Crippen molar-refractivity contribution in [3.63, 3.8) is 0 Å². The number of likely N-dealkylation sites (tertiary alicyclic amines) is 1. The molecule has 1 aromatic carbocycles. The van der Waals surface area contributed by atoms with Crippen molar-refractivity contribution in [3.8, 4) is 6.07 Å². The lowest BCUT2D eigenvalue weighted by Crippen LogP contribution is -2.32. The second kappa shape index (κ2) is 5.99. The molecule has 96 valence electrons. The van der Waals surface area contributed by atoms with Crippen LogP contribution in [0.1, 0.15) is 36.4 Å². The van der Waals surface area contributed by atoms with Gasteiger partial charge in [0.15, 0.2) is 0 Å². The summed E-state index contributed by atoms with van der Waals surface area (Å²) in [5.74, 6) is 0.519. The molecule has 0 aliphatic carbocycles. The lowest BCUT2D eigenvalue weighted by Gasteiger charge is -2.32. The van der Waals surface area contributed by atoms with Crippen LogP contribution in [-0.4, -0.2) is 25.0 Å². The fraction of sp³-hybridized carbons (Fsp3) is 0.533. The van der Waals surface area contributed by atoms with Crippen molar-refractivity contribution < 1.29 is 0 Å². The Morgan fingerprint density at radius 1 is 1.33 bits per heavy atom. The maximum Gasteiger partial charge on any atom is 0.0991 e. The SMILES string of the molecule is CN1CCCCC(CN)C1c1ccc(C#N)cc1. The molecule has 1 saturated heterocycles. The first-order valence-corrected chi connectivity index (χ1v) is 6.66. The molecular weight excluding hydrogens is 222 g/mol. The Labute approximate surface area is 109 Å². The Hall–Kier alpha value is -1.37. The molecule has 3 heteroatoms. The third kappa shape index (κ3) is 2.72. The van der Waals surface area contributed by atoms with Gasteiger partial charge in [0, 0.05) is 6.04 Å². The third-order valence-corrected chi connectivity index (χ3v) is 3.94. The highest BCUT2D eigenvalue weighted by Gasteiger charge is 2.27. The zero-order valence-electron chi connectivity index (χ0n) is 11.0. The molecule has 1 aliphatic rings. The van der Waals surface area contributed by atoms with Crippen molar-refractivity contribution in [1.82, 2.24) is 4.90 Å². The highest BCUT2D eigenvalue weighted by atomic mass is 15.1. The minimum absolute atomic E-state index is 0.394. The van der Waals surface area contributed by atoms with Gasteiger partial charge in [-0.15, -0.1) is 0 Å². The summed E-state index contributed by atoms with van der Waals surface area (Å²) in [6.07, 6.45) is 3.71. The van der Waals surface area contributed by atoms with Crippen LogP contribution in [0.5, 0.6) is 0 Å². The summed E-state index contributed by atoms with van der Waals surface area (Å²) >= 11 is 0. The van der Waals surface area contributed by atoms with Crippen molar-refractivity contribution in [1.29, 1.82) is 5.26 Å². The van der Waals surface area contributed by atoms with E-state index in [9.17, 15) is 0 Å². The Balaban J connectivity index is 2.28. The van der Waals surface area contributed by atoms with Gasteiger partial charge in [0.05, 0.1) is 11.6 Å². The summed E-state index contributed by atoms with van der Waals surface area (Å²) < 4.78 is 0. The Kier molecular flexibility index (Phi) is 4.35. The molecule has 3 nitrogen and oxygen atoms in total. The maximum absolute atomic E-state index is 8.85. The number of nitrogens with two attached hydrogens (primary N) is 1. The predicted octanol–water partition coefficient (Wildman–Crippen LogP) is 2.29. The fourth-order valence-corrected chi connectivity index (χ4v) is 2.95. The lowest BCUT2D eigenvalue weighted by atomic mass is 9.89. The zero-order chi connectivity index (χ0) is 13.0. The summed E-state index contributed by atoms with van der Waals surface area (Å²) in [5, 5.41) is 8.85. The van der Waals surface area contributed by atoms with Crippen LogP contribution in [0.15, 0.2) is 24.3 Å². The van der Waals surface area contributed by atoms with E-state index in [1.165, 1.54) is 24.8 Å². The van der Waals surface area contributed by atoms with Gasteiger partial charge in [-0.25, -0.2) is 0 Å². The minimum Gasteiger partial charge on any atom is -0.330 e. The predicted molar refractivity (Wildman–Crippen MR) is 72.9 cm³/mol. The molecule has 0 amide bonds. The van der Waals surface area contributed by atoms with Gasteiger partial charge in [-0.1, -0.05) is 18.6 Å². The van der Waals surface area contributed by atoms with Gasteiger partial charge < -0.3 is 5.73 Å². The van der Waals surface area contributed by atoms with Gasteiger partial charge in [-0.05, 0) is 56.6 Å². The molecule has 2 unspecified atom stereocenters. The van der Waals surface area contributed by atoms with Crippen molar-refractivity contribution >= 4 is 0 Å². The van der Waals surface area contributed by atoms with Gasteiger partial charge in [-0.3, -0.25) is 4.90 Å². The quantitative estimate of drug-likeness (QED) is 0.867. The third-order valence-electron chi connectivity index (χ3n) is 3.94. The fourth-order valence-electron chi connectivity index (χ4n) is 2.95. The van der Waals surface area contributed by atoms with E-state index in [1.54, 1.807) is 0 Å². The summed E-state index contributed by atoms with van der Waals surface area (Å²) in [6.45, 7) is 1.86. The topological polar surface area (TPSA) is 53.0 Å². The average molecular weight is 243 g/mol. The van der Waals surface area contributed by atoms with Gasteiger partial charge in [0.2, 0.25) is 0 Å². The number of hydrogen-bond acceptors (Lipinski definition) is 3. The molecule has 0 bridgehead atoms. The highest BCUT2D eigenvalue weighted by molar-refractivity contribution is 5.33. The number of hydrogen-bond donors (Lipinski definition) is 1. The standard InChI is InChI=1S/C15H21N3/c1-18-9-3-2-4-14(11-17)15(18)13-7-5-12(10-16)6-8-13/h5-8,14-15H,2-4,9,11,17H2,1H3. The average Bonchev–Trinajstić information content (AvgIpc) is 2.60. The van der Waals surface area contributed by atoms with Gasteiger partial charge in [-0.2, -0.15) is 5.26 Å². The van der Waals surface area contributed by atoms with E-state index in [4.69, 9.17) is 11.0 Å². The van der Waals surface area contributed by atoms with E-state index < -0.39 is 0 Å². The van der Waals surface area contributed by atoms with Crippen LogP contribution < -0.4 is 5.73 Å². The molecule has 0 spiro atoms. The lowest BCUT2D eigenvalue weighted by molar-refractivity contribution is 0.196. The molecule has 1 aromatic rings. The largest absolute Gasteiger partial charge is 0.330 e. The van der Waals surface area contributed by atoms with E-state index in [1.807, 2.05) is 12.1 Å². The molecule has 18 heavy (non-hydrogen) atoms. The van der Waals surface area contributed by atoms with Crippen molar-refractivity contribution in [2.45, 2.75) is 25.3 Å². The molecule has 0 aromatic heterocycles. The van der Waals surface area contributed by atoms with Gasteiger partial charge >= 0.3 is 0 Å². The minimum atomic E-state index is 0.394. The second-order valence-corrected chi connectivity index (χ2v) is 5.15. The van der Waals surface area contributed by atoms with Crippen molar-refractivity contribution in [2.75, 3.05) is 20.1 Å². The maximum atomic E-state index is 8.85. The van der Waals surface area contributed by atoms with Gasteiger partial charge in [0.25, 0.3) is 0 Å². The van der Waals surface area contributed by atoms with Crippen LogP contribution >= 0.6 is 0 Å². The molecule has 0 saturated carbocycles. The number of nitriles is 1. The van der Waals surface area contributed by atoms with E-state index in [2.05, 4.69) is 30.1 Å². The van der Waals surface area contributed by atoms with Crippen LogP contribution in [0.4, 0.5) is 0 Å². The van der Waals surface area contributed by atoms with E-state index >= 15 is 0 Å². The molecule has 2 N–H and O–H groups in total. The summed E-state index contributed by atoms with van der Waals surface area (Å²) in [7, 11) is 2.18. The van der Waals surface area contributed by atoms with Crippen LogP contribution in [0.3, 0.4) is 0 Å². The van der Waals surface area contributed by atoms with Crippen molar-refractivity contribution in [3.05, 3.63) is 35.4 Å². The van der Waals surface area contributed by atoms with Gasteiger partial charge in [0.1, 0.15) is 0 Å². The number of nitrogens with zero attached hydrogens (tertiary/aromatic N) is 2. The number of rotatable bonds is 2. The molecule has 2 atom stereocenters. The molecule has 1 aliphatic heterocycles. The first-order valence-electron chi connectivity index (χ1n) is 6.66. The van der Waals surface area contributed by atoms with E-state index in [0.29, 0.717) is 12.0 Å². The molecular formula is C15H21N3. The first-order chi connectivity index (χ1) is 8.76. The zero-order valence-corrected chi connectivity index (χ0v) is 11.0. The Bertz CT molecular complexity index is 418. The monoisotopic (exact) mass is 243 g/mol. The first kappa shape index (κ1) is 13.1. The van der Waals surface area contributed by atoms with Crippen LogP contribution in [0.2, 0.25) is 0 Å². The Morgan fingerprint density at radius 2 is 2.06 bits per heavy atom. The number of benzene rings is 1. The molecule has 2 rings (SSSR count). The van der Waals surface area contributed by atoms with Crippen LogP contribution in [0.25, 0.3) is 0 Å². The highest BCUT2D eigenvalue weighted by Crippen LogP contribution is 2.33. The summed E-state index contributed by atoms with van der Waals surface area (Å²) in [6, 6.07) is 10.5. The normalized spacial score (nSPS) is 25.4. The van der Waals surface area contributed by atoms with E-state index in [-0.39, 0.29) is 0 Å². The summed E-state index contributed by atoms with van der Waals surface area (Å²) in [5.41, 5.74) is 7.95. The molecule has 0 radical (unpaired) electrons. The molecule has 1 fully saturated rings. The molecule has 1 heterocycles. The van der Waals surface area contributed by atoms with Crippen molar-refractivity contribution in [2.24, 2.45) is 11.7 Å². The summed E-state index contributed by atoms with van der Waals surface area (Å²) in [4.78, 5) is 2.41. The Morgan fingerprint density at radius 3 is 2.67 bits per heavy atom. The van der Waals surface area contributed by atoms with Crippen LogP contribution in [0, 0.1) is 17.2 Å². The second-order valence-electron chi connectivity index (χ2n) is 5.15. The smallest absolute Gasteiger partial charge is 0.0991 e. The van der Waals surface area contributed by atoms with Crippen LogP contribution in [-0.2, 0) is 0 Å².